The van der Waals surface area contributed by atoms with Gasteiger partial charge >= 0.3 is 5.97 Å². The van der Waals surface area contributed by atoms with Crippen LogP contribution in [0.25, 0.3) is 0 Å². The Balaban J connectivity index is 1.86. The molecule has 7 N–H and O–H groups in total. The number of cyclic esters (lactones) is 1. The minimum absolute atomic E-state index is 0.0837. The van der Waals surface area contributed by atoms with Crippen molar-refractivity contribution in [2.45, 2.75) is 205 Å². The quantitative estimate of drug-likeness (QED) is 0.0990. The molecule has 1 aromatic heterocycles. The van der Waals surface area contributed by atoms with Gasteiger partial charge in [-0.1, -0.05) is 27.7 Å². The van der Waals surface area contributed by atoms with E-state index in [-0.39, 0.29) is 43.9 Å². The van der Waals surface area contributed by atoms with Gasteiger partial charge in [0.05, 0.1) is 48.6 Å². The molecule has 0 saturated carbocycles. The van der Waals surface area contributed by atoms with Crippen LogP contribution in [0.15, 0.2) is 18.3 Å². The molecular weight excluding hydrogens is 829 g/mol. The number of aliphatic hydroxyl groups is 4. The summed E-state index contributed by atoms with van der Waals surface area (Å²) in [6.07, 6.45) is -4.88. The molecule has 0 spiro atoms. The number of likely N-dealkylation sites (N-methyl/N-ethyl adjacent to an activating group) is 1. The van der Waals surface area contributed by atoms with Crippen LogP contribution in [-0.2, 0) is 33.2 Å². The molecule has 0 radical (unpaired) electrons. The second-order valence-corrected chi connectivity index (χ2v) is 19.4. The number of nitrogens with zero attached hydrogens (tertiary/aromatic N) is 1. The molecule has 18 atom stereocenters. The monoisotopic (exact) mass is 913 g/mol. The van der Waals surface area contributed by atoms with Gasteiger partial charge in [-0.15, -0.1) is 0 Å². The van der Waals surface area contributed by atoms with Gasteiger partial charge < -0.3 is 74.3 Å². The number of ether oxygens (including phenoxy) is 8. The summed E-state index contributed by atoms with van der Waals surface area (Å²) in [5, 5.41) is 58.4. The Morgan fingerprint density at radius 2 is 1.69 bits per heavy atom. The van der Waals surface area contributed by atoms with Crippen molar-refractivity contribution < 1.29 is 63.1 Å². The minimum Gasteiger partial charge on any atom is -0.478 e. The third-order valence-electron chi connectivity index (χ3n) is 14.0. The average molecular weight is 913 g/mol. The lowest BCUT2D eigenvalue weighted by Crippen LogP contribution is -2.70. The molecule has 10 unspecified atom stereocenters. The fourth-order valence-corrected chi connectivity index (χ4v) is 9.98. The highest BCUT2D eigenvalue weighted by molar-refractivity contribution is 5.73. The van der Waals surface area contributed by atoms with Gasteiger partial charge in [-0.25, -0.2) is 4.98 Å². The summed E-state index contributed by atoms with van der Waals surface area (Å²) in [4.78, 5) is 19.0. The van der Waals surface area contributed by atoms with E-state index < -0.39 is 95.5 Å². The van der Waals surface area contributed by atoms with Gasteiger partial charge in [-0.2, -0.15) is 0 Å². The maximum atomic E-state index is 14.6. The molecule has 370 valence electrons. The van der Waals surface area contributed by atoms with Gasteiger partial charge in [0.2, 0.25) is 0 Å². The van der Waals surface area contributed by atoms with Crippen molar-refractivity contribution in [1.82, 2.24) is 20.9 Å². The van der Waals surface area contributed by atoms with Crippen molar-refractivity contribution in [1.29, 1.82) is 0 Å². The maximum absolute atomic E-state index is 14.6. The van der Waals surface area contributed by atoms with Crippen molar-refractivity contribution in [3.8, 4) is 11.6 Å². The van der Waals surface area contributed by atoms with Gasteiger partial charge in [0.1, 0.15) is 29.0 Å². The summed E-state index contributed by atoms with van der Waals surface area (Å²) in [7, 11) is 3.39. The minimum atomic E-state index is -1.83. The van der Waals surface area contributed by atoms with Crippen LogP contribution in [0, 0.1) is 17.8 Å². The standard InChI is InChI=1S/C47H84N4O13/c1-15-20-49-26-47(56)32(9)60-36(24-45(47,11)57-14)63-37-29(6)40(64-43-38(33(48-13)22-28(5)59-43)61-34-19-18-21-50-41(34)58-17-3)44(10,54)23-27(4)25-51-31(8)39(52)46(12,55)35(16-2)62-42(53)30(37)7/h18-19,21,27-33,35-40,43,48-49,51-52,54-56H,15-17,20,22-26H2,1-14H3/t27?,28-,29?,30?,31?,32+,33+,35?,36+,37?,38-,39?,40?,43+,44?,45-,46?,47+/m1/s1. The van der Waals surface area contributed by atoms with E-state index in [1.807, 2.05) is 48.6 Å². The van der Waals surface area contributed by atoms with Crippen LogP contribution < -0.4 is 25.4 Å². The molecule has 4 rings (SSSR count). The Bertz CT molecular complexity index is 1590. The topological polar surface area (TPSA) is 221 Å². The van der Waals surface area contributed by atoms with E-state index in [9.17, 15) is 25.2 Å². The SMILES string of the molecule is CCCNC[C@]1(O)[C@H](C)O[C@@H](OC2C(C)C(=O)OC(CC)C(C)(O)C(O)C(C)NCC(C)CC(C)(O)C(O[C@@H]3O[C@H](C)C[C@H](NC)[C@H]3Oc3cccnc3OCC)C2C)C[C@@]1(C)OC. The summed E-state index contributed by atoms with van der Waals surface area (Å²) in [6.45, 7) is 23.3. The first-order chi connectivity index (χ1) is 30.0. The Kier molecular flexibility index (Phi) is 19.7. The number of nitrogens with one attached hydrogen (secondary N) is 3. The molecule has 64 heavy (non-hydrogen) atoms. The van der Waals surface area contributed by atoms with E-state index in [4.69, 9.17) is 37.9 Å². The summed E-state index contributed by atoms with van der Waals surface area (Å²) < 4.78 is 51.9. The normalized spacial score (nSPS) is 43.1. The molecule has 4 heterocycles. The van der Waals surface area contributed by atoms with Crippen LogP contribution in [-0.4, -0.2) is 162 Å². The first-order valence-electron chi connectivity index (χ1n) is 23.6. The van der Waals surface area contributed by atoms with Gasteiger partial charge in [0.25, 0.3) is 5.88 Å². The smallest absolute Gasteiger partial charge is 0.311 e. The molecule has 3 aliphatic heterocycles. The molecule has 0 aliphatic carbocycles. The third kappa shape index (κ3) is 12.4. The number of rotatable bonds is 15. The van der Waals surface area contributed by atoms with E-state index in [1.54, 1.807) is 60.1 Å². The van der Waals surface area contributed by atoms with Crippen LogP contribution in [0.1, 0.15) is 115 Å². The zero-order valence-corrected chi connectivity index (χ0v) is 41.1. The summed E-state index contributed by atoms with van der Waals surface area (Å²) in [5.74, 6) is -2.02. The second kappa shape index (κ2) is 23.2. The van der Waals surface area contributed by atoms with Crippen molar-refractivity contribution >= 4 is 5.97 Å². The molecule has 17 heteroatoms. The van der Waals surface area contributed by atoms with Crippen molar-refractivity contribution in [3.63, 3.8) is 0 Å². The number of hydrogen-bond donors (Lipinski definition) is 7. The fraction of sp³-hybridized carbons (Fsp3) is 0.872. The predicted octanol–water partition coefficient (Wildman–Crippen LogP) is 3.47. The van der Waals surface area contributed by atoms with Crippen molar-refractivity contribution in [2.75, 3.05) is 40.4 Å². The number of aliphatic hydroxyl groups excluding tert-OH is 1. The van der Waals surface area contributed by atoms with Gasteiger partial charge in [-0.05, 0) is 119 Å². The Hall–Kier alpha value is -2.26. The molecule has 0 aromatic carbocycles. The summed E-state index contributed by atoms with van der Waals surface area (Å²) in [5.41, 5.74) is -6.04. The highest BCUT2D eigenvalue weighted by Crippen LogP contribution is 2.43. The molecule has 1 aromatic rings. The predicted molar refractivity (Wildman–Crippen MR) is 241 cm³/mol. The van der Waals surface area contributed by atoms with Gasteiger partial charge in [0.15, 0.2) is 24.4 Å². The second-order valence-electron chi connectivity index (χ2n) is 19.4. The van der Waals surface area contributed by atoms with Gasteiger partial charge in [0, 0.05) is 38.2 Å². The van der Waals surface area contributed by atoms with Crippen LogP contribution in [0.2, 0.25) is 0 Å². The zero-order chi connectivity index (χ0) is 47.8. The molecule has 3 aliphatic rings. The molecule has 17 nitrogen and oxygen atoms in total. The molecule has 0 bridgehead atoms. The Morgan fingerprint density at radius 1 is 0.984 bits per heavy atom. The van der Waals surface area contributed by atoms with E-state index in [0.29, 0.717) is 37.7 Å². The number of pyridine rings is 1. The first kappa shape index (κ1) is 54.3. The highest BCUT2D eigenvalue weighted by atomic mass is 16.7. The number of hydrogen-bond acceptors (Lipinski definition) is 17. The van der Waals surface area contributed by atoms with E-state index in [0.717, 1.165) is 6.42 Å². The highest BCUT2D eigenvalue weighted by Gasteiger charge is 2.58. The molecule has 3 saturated heterocycles. The zero-order valence-electron chi connectivity index (χ0n) is 41.1. The summed E-state index contributed by atoms with van der Waals surface area (Å²) in [6, 6.07) is 2.65. The lowest BCUT2D eigenvalue weighted by Gasteiger charge is -2.53. The molecule has 3 fully saturated rings. The van der Waals surface area contributed by atoms with Crippen molar-refractivity contribution in [2.24, 2.45) is 17.8 Å². The van der Waals surface area contributed by atoms with Crippen LogP contribution in [0.5, 0.6) is 11.6 Å². The Labute approximate surface area is 382 Å². The molecular formula is C47H84N4O13. The van der Waals surface area contributed by atoms with Crippen LogP contribution >= 0.6 is 0 Å². The van der Waals surface area contributed by atoms with E-state index in [2.05, 4.69) is 20.9 Å². The number of carbonyl (C=O) groups is 1. The maximum Gasteiger partial charge on any atom is 0.311 e. The number of esters is 1. The van der Waals surface area contributed by atoms with E-state index in [1.165, 1.54) is 6.92 Å². The van der Waals surface area contributed by atoms with Crippen LogP contribution in [0.3, 0.4) is 0 Å². The number of carbonyl (C=O) groups excluding carboxylic acids is 1. The first-order valence-corrected chi connectivity index (χ1v) is 23.6. The number of aromatic nitrogens is 1. The third-order valence-corrected chi connectivity index (χ3v) is 14.0. The lowest BCUT2D eigenvalue weighted by molar-refractivity contribution is -0.335. The van der Waals surface area contributed by atoms with Crippen molar-refractivity contribution in [3.05, 3.63) is 18.3 Å². The largest absolute Gasteiger partial charge is 0.478 e. The lowest BCUT2D eigenvalue weighted by atomic mass is 9.75. The Morgan fingerprint density at radius 3 is 2.31 bits per heavy atom. The van der Waals surface area contributed by atoms with Crippen LogP contribution in [0.4, 0.5) is 0 Å². The van der Waals surface area contributed by atoms with E-state index >= 15 is 0 Å². The van der Waals surface area contributed by atoms with Gasteiger partial charge in [-0.3, -0.25) is 4.79 Å². The fourth-order valence-electron chi connectivity index (χ4n) is 9.98. The average Bonchev–Trinajstić information content (AvgIpc) is 3.24. The number of methoxy groups -OCH3 is 1. The molecule has 0 amide bonds. The summed E-state index contributed by atoms with van der Waals surface area (Å²) >= 11 is 0.